The van der Waals surface area contributed by atoms with Gasteiger partial charge >= 0.3 is 0 Å². The van der Waals surface area contributed by atoms with Crippen LogP contribution in [0.1, 0.15) is 30.3 Å². The molecular formula is C31H35N6S+. The molecule has 1 aromatic heterocycles. The van der Waals surface area contributed by atoms with E-state index in [0.29, 0.717) is 0 Å². The molecule has 5 rings (SSSR count). The summed E-state index contributed by atoms with van der Waals surface area (Å²) in [6, 6.07) is 27.6. The average molecular weight is 524 g/mol. The van der Waals surface area contributed by atoms with Crippen molar-refractivity contribution in [1.82, 2.24) is 10.2 Å². The first-order valence-corrected chi connectivity index (χ1v) is 14.0. The molecule has 2 heterocycles. The minimum atomic E-state index is 0.144. The normalized spacial score (nSPS) is 13.9. The molecule has 7 heteroatoms. The SMILES string of the molecule is CCCN(CCCNC1=CC(=Cc2sc3ccccc3[n+]2C)c2ccccc2N1c1ccccc1)C(=N)N. The van der Waals surface area contributed by atoms with Crippen molar-refractivity contribution in [2.24, 2.45) is 12.8 Å². The number of thiazole rings is 1. The molecule has 4 aromatic rings. The van der Waals surface area contributed by atoms with Gasteiger partial charge in [-0.2, -0.15) is 4.57 Å². The van der Waals surface area contributed by atoms with E-state index in [0.717, 1.165) is 49.7 Å². The van der Waals surface area contributed by atoms with Crippen LogP contribution in [0.4, 0.5) is 11.4 Å². The fourth-order valence-corrected chi connectivity index (χ4v) is 6.03. The molecule has 0 atom stereocenters. The fourth-order valence-electron chi connectivity index (χ4n) is 4.93. The van der Waals surface area contributed by atoms with E-state index in [1.54, 1.807) is 0 Å². The van der Waals surface area contributed by atoms with E-state index in [-0.39, 0.29) is 5.96 Å². The summed E-state index contributed by atoms with van der Waals surface area (Å²) < 4.78 is 3.55. The first-order chi connectivity index (χ1) is 18.6. The van der Waals surface area contributed by atoms with Gasteiger partial charge in [-0.3, -0.25) is 10.3 Å². The molecule has 0 radical (unpaired) electrons. The molecule has 3 aromatic carbocycles. The van der Waals surface area contributed by atoms with E-state index >= 15 is 0 Å². The molecule has 1 aliphatic heterocycles. The van der Waals surface area contributed by atoms with Crippen LogP contribution in [0, 0.1) is 5.41 Å². The summed E-state index contributed by atoms with van der Waals surface area (Å²) in [5.41, 5.74) is 11.7. The average Bonchev–Trinajstić information content (AvgIpc) is 3.25. The Morgan fingerprint density at radius 1 is 1.03 bits per heavy atom. The second-order valence-electron chi connectivity index (χ2n) is 9.44. The second-order valence-corrected chi connectivity index (χ2v) is 10.5. The summed E-state index contributed by atoms with van der Waals surface area (Å²) in [4.78, 5) is 4.24. The van der Waals surface area contributed by atoms with Crippen LogP contribution in [-0.2, 0) is 7.05 Å². The third-order valence-electron chi connectivity index (χ3n) is 6.80. The van der Waals surface area contributed by atoms with Gasteiger partial charge in [-0.25, -0.2) is 0 Å². The topological polar surface area (TPSA) is 72.3 Å². The molecule has 0 unspecified atom stereocenters. The van der Waals surface area contributed by atoms with Gasteiger partial charge in [-0.05, 0) is 48.8 Å². The quantitative estimate of drug-likeness (QED) is 0.111. The Hall–Kier alpha value is -4.10. The number of allylic oxidation sites excluding steroid dienone is 2. The van der Waals surface area contributed by atoms with Gasteiger partial charge in [0.15, 0.2) is 5.96 Å². The van der Waals surface area contributed by atoms with Gasteiger partial charge in [0, 0.05) is 43.0 Å². The Labute approximate surface area is 228 Å². The van der Waals surface area contributed by atoms with Crippen LogP contribution >= 0.6 is 11.3 Å². The van der Waals surface area contributed by atoms with Crippen LogP contribution in [0.25, 0.3) is 21.9 Å². The molecule has 0 aliphatic carbocycles. The minimum Gasteiger partial charge on any atom is -0.371 e. The van der Waals surface area contributed by atoms with Crippen molar-refractivity contribution in [3.63, 3.8) is 0 Å². The highest BCUT2D eigenvalue weighted by Crippen LogP contribution is 2.41. The number of aromatic nitrogens is 1. The lowest BCUT2D eigenvalue weighted by Crippen LogP contribution is -2.39. The number of nitrogens with two attached hydrogens (primary N) is 1. The van der Waals surface area contributed by atoms with Crippen molar-refractivity contribution >= 4 is 50.5 Å². The Morgan fingerprint density at radius 2 is 1.76 bits per heavy atom. The monoisotopic (exact) mass is 523 g/mol. The number of para-hydroxylation sites is 3. The number of fused-ring (bicyclic) bond motifs is 2. The second kappa shape index (κ2) is 11.5. The van der Waals surface area contributed by atoms with E-state index in [1.807, 2.05) is 22.3 Å². The van der Waals surface area contributed by atoms with Gasteiger partial charge < -0.3 is 16.0 Å². The van der Waals surface area contributed by atoms with Crippen molar-refractivity contribution < 1.29 is 4.57 Å². The molecular weight excluding hydrogens is 488 g/mol. The highest BCUT2D eigenvalue weighted by atomic mass is 32.1. The molecule has 0 saturated heterocycles. The van der Waals surface area contributed by atoms with Gasteiger partial charge in [0.25, 0.3) is 5.01 Å². The smallest absolute Gasteiger partial charge is 0.263 e. The summed E-state index contributed by atoms with van der Waals surface area (Å²) in [5, 5.41) is 12.8. The largest absolute Gasteiger partial charge is 0.371 e. The zero-order valence-electron chi connectivity index (χ0n) is 22.0. The lowest BCUT2D eigenvalue weighted by molar-refractivity contribution is -0.642. The van der Waals surface area contributed by atoms with E-state index in [4.69, 9.17) is 11.1 Å². The fraction of sp³-hybridized carbons (Fsp3) is 0.226. The van der Waals surface area contributed by atoms with Gasteiger partial charge in [-0.15, -0.1) is 0 Å². The maximum atomic E-state index is 7.86. The standard InChI is InChI=1S/C31H34N6S/c1-3-19-36(31(32)33)20-11-18-34-29-21-23(22-30-35(2)27-16-9-10-17-28(27)38-30)25-14-7-8-15-26(25)37(29)24-12-5-4-6-13-24/h4-10,12-17,21-22H,3,11,18-20H2,1-2H3,(H3,32,33)/p+1. The molecule has 0 spiro atoms. The summed E-state index contributed by atoms with van der Waals surface area (Å²) in [6.07, 6.45) is 6.41. The number of guanidine groups is 1. The molecule has 0 fully saturated rings. The van der Waals surface area contributed by atoms with E-state index < -0.39 is 0 Å². The predicted octanol–water partition coefficient (Wildman–Crippen LogP) is 5.84. The third-order valence-corrected chi connectivity index (χ3v) is 7.97. The Kier molecular flexibility index (Phi) is 7.75. The van der Waals surface area contributed by atoms with Crippen molar-refractivity contribution in [1.29, 1.82) is 5.41 Å². The Bertz CT molecular complexity index is 1490. The number of hydrogen-bond donors (Lipinski definition) is 3. The number of anilines is 2. The molecule has 6 nitrogen and oxygen atoms in total. The lowest BCUT2D eigenvalue weighted by Gasteiger charge is -2.34. The molecule has 194 valence electrons. The number of benzene rings is 3. The van der Waals surface area contributed by atoms with Gasteiger partial charge in [0.05, 0.1) is 5.69 Å². The highest BCUT2D eigenvalue weighted by Gasteiger charge is 2.25. The number of aryl methyl sites for hydroxylation is 1. The third kappa shape index (κ3) is 5.29. The van der Waals surface area contributed by atoms with Gasteiger partial charge in [-0.1, -0.05) is 66.8 Å². The van der Waals surface area contributed by atoms with Gasteiger partial charge in [0.1, 0.15) is 17.6 Å². The number of rotatable bonds is 9. The van der Waals surface area contributed by atoms with Crippen molar-refractivity contribution in [2.75, 3.05) is 24.5 Å². The zero-order valence-corrected chi connectivity index (χ0v) is 22.8. The number of nitrogens with zero attached hydrogens (tertiary/aromatic N) is 3. The van der Waals surface area contributed by atoms with Crippen LogP contribution in [0.5, 0.6) is 0 Å². The van der Waals surface area contributed by atoms with E-state index in [1.165, 1.54) is 26.4 Å². The van der Waals surface area contributed by atoms with Crippen LogP contribution in [-0.4, -0.2) is 30.5 Å². The van der Waals surface area contributed by atoms with Crippen LogP contribution in [0.3, 0.4) is 0 Å². The summed E-state index contributed by atoms with van der Waals surface area (Å²) in [6.45, 7) is 4.45. The van der Waals surface area contributed by atoms with E-state index in [9.17, 15) is 0 Å². The summed E-state index contributed by atoms with van der Waals surface area (Å²) in [7, 11) is 2.14. The Balaban J connectivity index is 1.51. The molecule has 4 N–H and O–H groups in total. The van der Waals surface area contributed by atoms with Crippen molar-refractivity contribution in [2.45, 2.75) is 19.8 Å². The highest BCUT2D eigenvalue weighted by molar-refractivity contribution is 7.18. The molecule has 0 saturated carbocycles. The summed E-state index contributed by atoms with van der Waals surface area (Å²) in [5.74, 6) is 1.18. The van der Waals surface area contributed by atoms with E-state index in [2.05, 4.69) is 114 Å². The minimum absolute atomic E-state index is 0.144. The van der Waals surface area contributed by atoms with Crippen LogP contribution in [0.15, 0.2) is 90.8 Å². The molecule has 0 amide bonds. The first-order valence-electron chi connectivity index (χ1n) is 13.1. The van der Waals surface area contributed by atoms with Crippen LogP contribution in [0.2, 0.25) is 0 Å². The van der Waals surface area contributed by atoms with Gasteiger partial charge in [0.2, 0.25) is 5.52 Å². The van der Waals surface area contributed by atoms with Crippen molar-refractivity contribution in [3.8, 4) is 0 Å². The summed E-state index contributed by atoms with van der Waals surface area (Å²) >= 11 is 1.81. The lowest BCUT2D eigenvalue weighted by atomic mass is 9.98. The first kappa shape index (κ1) is 25.5. The van der Waals surface area contributed by atoms with Crippen molar-refractivity contribution in [3.05, 3.63) is 101 Å². The molecule has 0 bridgehead atoms. The maximum Gasteiger partial charge on any atom is 0.263 e. The zero-order chi connectivity index (χ0) is 26.5. The Morgan fingerprint density at radius 3 is 2.53 bits per heavy atom. The molecule has 1 aliphatic rings. The molecule has 38 heavy (non-hydrogen) atoms. The number of hydrogen-bond acceptors (Lipinski definition) is 4. The predicted molar refractivity (Wildman–Crippen MR) is 160 cm³/mol. The maximum absolute atomic E-state index is 7.86. The van der Waals surface area contributed by atoms with Crippen LogP contribution < -0.4 is 20.5 Å². The number of nitrogens with one attached hydrogen (secondary N) is 2.